The van der Waals surface area contributed by atoms with Crippen molar-refractivity contribution in [2.24, 2.45) is 5.73 Å². The van der Waals surface area contributed by atoms with Gasteiger partial charge in [-0.3, -0.25) is 9.59 Å². The van der Waals surface area contributed by atoms with Gasteiger partial charge in [0.1, 0.15) is 11.0 Å². The molecule has 2 amide bonds. The number of likely N-dealkylation sites (N-methyl/N-ethyl adjacent to an activating group) is 1. The lowest BCUT2D eigenvalue weighted by molar-refractivity contribution is -0.121. The Morgan fingerprint density at radius 2 is 1.91 bits per heavy atom. The highest BCUT2D eigenvalue weighted by Crippen LogP contribution is 2.37. The summed E-state index contributed by atoms with van der Waals surface area (Å²) in [4.78, 5) is 27.2. The van der Waals surface area contributed by atoms with E-state index in [1.165, 1.54) is 16.2 Å². The molecule has 0 unspecified atom stereocenters. The maximum Gasteiger partial charge on any atom is 0.257 e. The minimum absolute atomic E-state index is 0.126. The number of rotatable bonds is 4. The fourth-order valence-corrected chi connectivity index (χ4v) is 4.31. The van der Waals surface area contributed by atoms with Gasteiger partial charge in [0.25, 0.3) is 5.91 Å². The molecular formula is C17H21N3O2S. The molecule has 23 heavy (non-hydrogen) atoms. The maximum absolute atomic E-state index is 13.1. The Kier molecular flexibility index (Phi) is 4.26. The van der Waals surface area contributed by atoms with E-state index in [0.29, 0.717) is 0 Å². The quantitative estimate of drug-likeness (QED) is 0.934. The number of carbonyl (C=O) groups is 2. The van der Waals surface area contributed by atoms with E-state index in [9.17, 15) is 9.59 Å². The summed E-state index contributed by atoms with van der Waals surface area (Å²) in [5.74, 6) is -0.619. The molecule has 3 rings (SSSR count). The van der Waals surface area contributed by atoms with Crippen molar-refractivity contribution in [2.45, 2.75) is 38.6 Å². The molecule has 0 bridgehead atoms. The van der Waals surface area contributed by atoms with Gasteiger partial charge in [-0.05, 0) is 50.3 Å². The number of hydrogen-bond donors (Lipinski definition) is 1. The first-order valence-electron chi connectivity index (χ1n) is 7.85. The first kappa shape index (κ1) is 15.8. The molecule has 2 aromatic rings. The molecule has 0 fully saturated rings. The van der Waals surface area contributed by atoms with Gasteiger partial charge in [0.05, 0.1) is 5.56 Å². The van der Waals surface area contributed by atoms with Crippen LogP contribution in [-0.4, -0.2) is 34.4 Å². The van der Waals surface area contributed by atoms with Gasteiger partial charge in [-0.15, -0.1) is 11.3 Å². The summed E-state index contributed by atoms with van der Waals surface area (Å²) in [5, 5.41) is 0.940. The van der Waals surface area contributed by atoms with Crippen LogP contribution in [0.25, 0.3) is 5.00 Å². The predicted octanol–water partition coefficient (Wildman–Crippen LogP) is 2.36. The molecular weight excluding hydrogens is 310 g/mol. The van der Waals surface area contributed by atoms with Crippen LogP contribution < -0.4 is 5.73 Å². The molecule has 0 aliphatic heterocycles. The number of primary amides is 1. The lowest BCUT2D eigenvalue weighted by Gasteiger charge is -2.24. The number of nitrogens with zero attached hydrogens (tertiary/aromatic N) is 2. The summed E-state index contributed by atoms with van der Waals surface area (Å²) < 4.78 is 1.99. The number of fused-ring (bicyclic) bond motifs is 1. The zero-order valence-corrected chi connectivity index (χ0v) is 14.2. The third kappa shape index (κ3) is 2.79. The second-order valence-corrected chi connectivity index (χ2v) is 7.06. The van der Waals surface area contributed by atoms with E-state index in [0.717, 1.165) is 35.4 Å². The largest absolute Gasteiger partial charge is 0.368 e. The number of nitrogens with two attached hydrogens (primary N) is 1. The van der Waals surface area contributed by atoms with E-state index < -0.39 is 11.9 Å². The van der Waals surface area contributed by atoms with Crippen LogP contribution in [0.2, 0.25) is 0 Å². The fourth-order valence-electron chi connectivity index (χ4n) is 2.97. The van der Waals surface area contributed by atoms with Crippen molar-refractivity contribution < 1.29 is 9.59 Å². The third-order valence-electron chi connectivity index (χ3n) is 4.52. The Bertz CT molecular complexity index is 733. The number of hydrogen-bond acceptors (Lipinski definition) is 3. The lowest BCUT2D eigenvalue weighted by atomic mass is 9.95. The van der Waals surface area contributed by atoms with Gasteiger partial charge in [-0.2, -0.15) is 0 Å². The fraction of sp³-hybridized carbons (Fsp3) is 0.412. The number of aromatic nitrogens is 1. The van der Waals surface area contributed by atoms with E-state index in [-0.39, 0.29) is 5.91 Å². The van der Waals surface area contributed by atoms with Crippen molar-refractivity contribution in [1.29, 1.82) is 0 Å². The summed E-state index contributed by atoms with van der Waals surface area (Å²) in [7, 11) is 1.64. The van der Waals surface area contributed by atoms with Gasteiger partial charge in [-0.25, -0.2) is 0 Å². The monoisotopic (exact) mass is 331 g/mol. The van der Waals surface area contributed by atoms with Crippen LogP contribution >= 0.6 is 11.3 Å². The molecule has 1 atom stereocenters. The van der Waals surface area contributed by atoms with Crippen LogP contribution in [0, 0.1) is 0 Å². The number of carbonyl (C=O) groups excluding carboxylic acids is 2. The van der Waals surface area contributed by atoms with Gasteiger partial charge in [0.15, 0.2) is 0 Å². The van der Waals surface area contributed by atoms with Crippen molar-refractivity contribution in [1.82, 2.24) is 9.47 Å². The minimum Gasteiger partial charge on any atom is -0.368 e. The van der Waals surface area contributed by atoms with Crippen molar-refractivity contribution in [3.63, 3.8) is 0 Å². The van der Waals surface area contributed by atoms with Crippen LogP contribution in [-0.2, 0) is 17.6 Å². The van der Waals surface area contributed by atoms with Gasteiger partial charge in [0, 0.05) is 24.3 Å². The Morgan fingerprint density at radius 1 is 1.26 bits per heavy atom. The Morgan fingerprint density at radius 3 is 2.57 bits per heavy atom. The van der Waals surface area contributed by atoms with E-state index in [1.807, 2.05) is 29.1 Å². The van der Waals surface area contributed by atoms with E-state index in [4.69, 9.17) is 5.73 Å². The Hall–Kier alpha value is -2.08. The molecule has 2 heterocycles. The smallest absolute Gasteiger partial charge is 0.257 e. The maximum atomic E-state index is 13.1. The molecule has 2 aromatic heterocycles. The highest BCUT2D eigenvalue weighted by molar-refractivity contribution is 7.15. The summed E-state index contributed by atoms with van der Waals surface area (Å²) in [6.07, 6.45) is 8.12. The van der Waals surface area contributed by atoms with Crippen LogP contribution in [0.1, 0.15) is 40.6 Å². The molecule has 0 saturated heterocycles. The first-order chi connectivity index (χ1) is 11.0. The molecule has 6 heteroatoms. The van der Waals surface area contributed by atoms with Gasteiger partial charge in [-0.1, -0.05) is 0 Å². The molecule has 0 saturated carbocycles. The second-order valence-electron chi connectivity index (χ2n) is 5.98. The van der Waals surface area contributed by atoms with Gasteiger partial charge < -0.3 is 15.2 Å². The molecule has 1 aliphatic rings. The molecule has 1 aliphatic carbocycles. The number of amides is 2. The van der Waals surface area contributed by atoms with Gasteiger partial charge in [0.2, 0.25) is 5.91 Å². The molecule has 0 spiro atoms. The van der Waals surface area contributed by atoms with E-state index >= 15 is 0 Å². The predicted molar refractivity (Wildman–Crippen MR) is 91.0 cm³/mol. The SMILES string of the molecule is C[C@H](C(N)=O)N(C)C(=O)c1c(-n2cccc2)sc2c1CCCC2. The van der Waals surface area contributed by atoms with E-state index in [1.54, 1.807) is 25.3 Å². The molecule has 2 N–H and O–H groups in total. The van der Waals surface area contributed by atoms with Crippen LogP contribution in [0.5, 0.6) is 0 Å². The normalized spacial score (nSPS) is 15.0. The Labute approximate surface area is 139 Å². The summed E-state index contributed by atoms with van der Waals surface area (Å²) in [6.45, 7) is 1.66. The molecule has 0 aromatic carbocycles. The second kappa shape index (κ2) is 6.20. The van der Waals surface area contributed by atoms with Gasteiger partial charge >= 0.3 is 0 Å². The van der Waals surface area contributed by atoms with Crippen molar-refractivity contribution >= 4 is 23.2 Å². The molecule has 5 nitrogen and oxygen atoms in total. The average Bonchev–Trinajstić information content (AvgIpc) is 3.19. The van der Waals surface area contributed by atoms with Crippen LogP contribution in [0.3, 0.4) is 0 Å². The Balaban J connectivity index is 2.08. The number of aryl methyl sites for hydroxylation is 1. The van der Waals surface area contributed by atoms with Crippen molar-refractivity contribution in [2.75, 3.05) is 7.05 Å². The minimum atomic E-state index is -0.626. The lowest BCUT2D eigenvalue weighted by Crippen LogP contribution is -2.44. The zero-order chi connectivity index (χ0) is 16.6. The topological polar surface area (TPSA) is 68.3 Å². The molecule has 0 radical (unpaired) electrons. The summed E-state index contributed by atoms with van der Waals surface area (Å²) in [5.41, 5.74) is 7.25. The molecule has 122 valence electrons. The van der Waals surface area contributed by atoms with Crippen LogP contribution in [0.4, 0.5) is 0 Å². The summed E-state index contributed by atoms with van der Waals surface area (Å²) >= 11 is 1.68. The highest BCUT2D eigenvalue weighted by Gasteiger charge is 2.30. The van der Waals surface area contributed by atoms with Crippen LogP contribution in [0.15, 0.2) is 24.5 Å². The number of thiophene rings is 1. The zero-order valence-electron chi connectivity index (χ0n) is 13.4. The average molecular weight is 331 g/mol. The third-order valence-corrected chi connectivity index (χ3v) is 5.82. The van der Waals surface area contributed by atoms with Crippen molar-refractivity contribution in [3.05, 3.63) is 40.5 Å². The van der Waals surface area contributed by atoms with E-state index in [2.05, 4.69) is 0 Å². The first-order valence-corrected chi connectivity index (χ1v) is 8.66. The highest BCUT2D eigenvalue weighted by atomic mass is 32.1. The standard InChI is InChI=1S/C17H21N3O2S/c1-11(15(18)21)19(2)16(22)14-12-7-3-4-8-13(12)23-17(14)20-9-5-6-10-20/h5-6,9-11H,3-4,7-8H2,1-2H3,(H2,18,21)/t11-/m1/s1. The summed E-state index contributed by atoms with van der Waals surface area (Å²) in [6, 6.07) is 3.27. The van der Waals surface area contributed by atoms with Crippen molar-refractivity contribution in [3.8, 4) is 5.00 Å².